The molecule has 0 fully saturated rings. The van der Waals surface area contributed by atoms with E-state index in [4.69, 9.17) is 10.5 Å². The average Bonchev–Trinajstić information content (AvgIpc) is 2.44. The highest BCUT2D eigenvalue weighted by Crippen LogP contribution is 2.28. The molecule has 0 aliphatic heterocycles. The molecule has 0 spiro atoms. The normalized spacial score (nSPS) is 10.2. The molecule has 1 heterocycles. The predicted octanol–water partition coefficient (Wildman–Crippen LogP) is 2.69. The lowest BCUT2D eigenvalue weighted by atomic mass is 10.2. The highest BCUT2D eigenvalue weighted by atomic mass is 19.1. The van der Waals surface area contributed by atoms with Crippen LogP contribution in [0.1, 0.15) is 16.1 Å². The standard InChI is InChI=1S/C14H13FN2O3/c1-8-5-13(10(15)7-11(8)16)20-9-3-4-17-12(6-9)14(18)19-2/h3-7H,16H2,1-2H3. The number of hydrogen-bond donors (Lipinski definition) is 1. The van der Waals surface area contributed by atoms with Crippen LogP contribution < -0.4 is 10.5 Å². The molecule has 2 N–H and O–H groups in total. The highest BCUT2D eigenvalue weighted by molar-refractivity contribution is 5.87. The summed E-state index contributed by atoms with van der Waals surface area (Å²) in [6.45, 7) is 1.74. The zero-order chi connectivity index (χ0) is 14.7. The fraction of sp³-hybridized carbons (Fsp3) is 0.143. The van der Waals surface area contributed by atoms with Crippen LogP contribution in [0.2, 0.25) is 0 Å². The Morgan fingerprint density at radius 3 is 2.80 bits per heavy atom. The number of hydrogen-bond acceptors (Lipinski definition) is 5. The van der Waals surface area contributed by atoms with Crippen LogP contribution in [-0.4, -0.2) is 18.1 Å². The third kappa shape index (κ3) is 2.85. The topological polar surface area (TPSA) is 74.4 Å². The number of aromatic nitrogens is 1. The van der Waals surface area contributed by atoms with Crippen LogP contribution in [0.15, 0.2) is 30.5 Å². The molecule has 104 valence electrons. The molecule has 0 aliphatic carbocycles. The second-order valence-corrected chi connectivity index (χ2v) is 4.11. The van der Waals surface area contributed by atoms with Crippen molar-refractivity contribution in [2.45, 2.75) is 6.92 Å². The quantitative estimate of drug-likeness (QED) is 0.689. The van der Waals surface area contributed by atoms with E-state index in [0.717, 1.165) is 0 Å². The Bertz CT molecular complexity index is 659. The predicted molar refractivity (Wildman–Crippen MR) is 71.2 cm³/mol. The van der Waals surface area contributed by atoms with Gasteiger partial charge in [-0.15, -0.1) is 0 Å². The third-order valence-electron chi connectivity index (χ3n) is 2.67. The summed E-state index contributed by atoms with van der Waals surface area (Å²) in [5.74, 6) is -0.865. The van der Waals surface area contributed by atoms with Gasteiger partial charge in [0.2, 0.25) is 0 Å². The van der Waals surface area contributed by atoms with Crippen LogP contribution in [0.4, 0.5) is 10.1 Å². The Kier molecular flexibility index (Phi) is 3.84. The average molecular weight is 276 g/mol. The molecule has 0 saturated heterocycles. The van der Waals surface area contributed by atoms with Gasteiger partial charge in [0.25, 0.3) is 0 Å². The number of methoxy groups -OCH3 is 1. The summed E-state index contributed by atoms with van der Waals surface area (Å²) in [4.78, 5) is 15.2. The molecule has 6 heteroatoms. The molecular formula is C14H13FN2O3. The monoisotopic (exact) mass is 276 g/mol. The maximum atomic E-state index is 13.7. The van der Waals surface area contributed by atoms with Crippen molar-refractivity contribution in [1.82, 2.24) is 4.98 Å². The second kappa shape index (κ2) is 5.56. The second-order valence-electron chi connectivity index (χ2n) is 4.11. The van der Waals surface area contributed by atoms with Crippen molar-refractivity contribution in [2.75, 3.05) is 12.8 Å². The number of aryl methyl sites for hydroxylation is 1. The lowest BCUT2D eigenvalue weighted by Gasteiger charge is -2.09. The van der Waals surface area contributed by atoms with Gasteiger partial charge in [-0.05, 0) is 24.6 Å². The number of nitrogen functional groups attached to an aromatic ring is 1. The van der Waals surface area contributed by atoms with E-state index in [9.17, 15) is 9.18 Å². The number of ether oxygens (including phenoxy) is 2. The number of nitrogens with two attached hydrogens (primary N) is 1. The first-order valence-corrected chi connectivity index (χ1v) is 5.79. The van der Waals surface area contributed by atoms with Crippen LogP contribution in [0.3, 0.4) is 0 Å². The molecule has 0 bridgehead atoms. The molecule has 0 aliphatic rings. The summed E-state index contributed by atoms with van der Waals surface area (Å²) in [5.41, 5.74) is 6.72. The number of esters is 1. The zero-order valence-corrected chi connectivity index (χ0v) is 11.0. The minimum Gasteiger partial charge on any atom is -0.464 e. The largest absolute Gasteiger partial charge is 0.464 e. The smallest absolute Gasteiger partial charge is 0.356 e. The van der Waals surface area contributed by atoms with Gasteiger partial charge in [0.05, 0.1) is 7.11 Å². The van der Waals surface area contributed by atoms with Crippen molar-refractivity contribution >= 4 is 11.7 Å². The Morgan fingerprint density at radius 2 is 2.10 bits per heavy atom. The Labute approximate surface area is 115 Å². The van der Waals surface area contributed by atoms with E-state index < -0.39 is 11.8 Å². The minimum atomic E-state index is -0.593. The van der Waals surface area contributed by atoms with Crippen LogP contribution >= 0.6 is 0 Å². The number of pyridine rings is 1. The van der Waals surface area contributed by atoms with Gasteiger partial charge in [0.15, 0.2) is 17.3 Å². The van der Waals surface area contributed by atoms with Crippen LogP contribution in [-0.2, 0) is 4.74 Å². The Morgan fingerprint density at radius 1 is 1.35 bits per heavy atom. The number of benzene rings is 1. The summed E-state index contributed by atoms with van der Waals surface area (Å²) >= 11 is 0. The molecule has 1 aromatic carbocycles. The summed E-state index contributed by atoms with van der Waals surface area (Å²) in [6.07, 6.45) is 1.38. The molecule has 0 atom stereocenters. The number of anilines is 1. The van der Waals surface area contributed by atoms with Gasteiger partial charge in [-0.25, -0.2) is 14.2 Å². The van der Waals surface area contributed by atoms with Gasteiger partial charge >= 0.3 is 5.97 Å². The summed E-state index contributed by atoms with van der Waals surface area (Å²) < 4.78 is 23.7. The summed E-state index contributed by atoms with van der Waals surface area (Å²) in [7, 11) is 1.25. The van der Waals surface area contributed by atoms with Gasteiger partial charge < -0.3 is 15.2 Å². The van der Waals surface area contributed by atoms with Crippen molar-refractivity contribution in [3.05, 3.63) is 47.5 Å². The van der Waals surface area contributed by atoms with Crippen molar-refractivity contribution in [1.29, 1.82) is 0 Å². The maximum Gasteiger partial charge on any atom is 0.356 e. The van der Waals surface area contributed by atoms with Crippen molar-refractivity contribution in [3.8, 4) is 11.5 Å². The highest BCUT2D eigenvalue weighted by Gasteiger charge is 2.11. The van der Waals surface area contributed by atoms with Gasteiger partial charge in [0.1, 0.15) is 5.75 Å². The molecule has 1 aromatic heterocycles. The Hall–Kier alpha value is -2.63. The summed E-state index contributed by atoms with van der Waals surface area (Å²) in [6, 6.07) is 5.56. The zero-order valence-electron chi connectivity index (χ0n) is 11.0. The minimum absolute atomic E-state index is 0.0266. The van der Waals surface area contributed by atoms with Gasteiger partial charge in [-0.1, -0.05) is 0 Å². The van der Waals surface area contributed by atoms with Crippen molar-refractivity contribution < 1.29 is 18.7 Å². The lowest BCUT2D eigenvalue weighted by molar-refractivity contribution is 0.0593. The summed E-state index contributed by atoms with van der Waals surface area (Å²) in [5, 5.41) is 0. The number of rotatable bonds is 3. The van der Waals surface area contributed by atoms with E-state index in [1.54, 1.807) is 6.92 Å². The van der Waals surface area contributed by atoms with E-state index in [2.05, 4.69) is 9.72 Å². The molecule has 20 heavy (non-hydrogen) atoms. The Balaban J connectivity index is 2.31. The van der Waals surface area contributed by atoms with E-state index >= 15 is 0 Å². The molecule has 0 amide bonds. The van der Waals surface area contributed by atoms with Gasteiger partial charge in [0, 0.05) is 24.0 Å². The molecule has 0 unspecified atom stereocenters. The van der Waals surface area contributed by atoms with Crippen LogP contribution in [0.25, 0.3) is 0 Å². The van der Waals surface area contributed by atoms with E-state index in [1.165, 1.54) is 37.6 Å². The van der Waals surface area contributed by atoms with E-state index in [1.807, 2.05) is 0 Å². The van der Waals surface area contributed by atoms with Crippen molar-refractivity contribution in [2.24, 2.45) is 0 Å². The van der Waals surface area contributed by atoms with Crippen LogP contribution in [0.5, 0.6) is 11.5 Å². The fourth-order valence-electron chi connectivity index (χ4n) is 1.57. The number of carbonyl (C=O) groups is 1. The molecule has 2 aromatic rings. The fourth-order valence-corrected chi connectivity index (χ4v) is 1.57. The van der Waals surface area contributed by atoms with E-state index in [0.29, 0.717) is 11.3 Å². The molecule has 5 nitrogen and oxygen atoms in total. The van der Waals surface area contributed by atoms with Crippen molar-refractivity contribution in [3.63, 3.8) is 0 Å². The SMILES string of the molecule is COC(=O)c1cc(Oc2cc(C)c(N)cc2F)ccn1. The molecular weight excluding hydrogens is 263 g/mol. The first-order valence-electron chi connectivity index (χ1n) is 5.79. The first-order chi connectivity index (χ1) is 9.51. The van der Waals surface area contributed by atoms with Gasteiger partial charge in [-0.2, -0.15) is 0 Å². The number of halogens is 1. The molecule has 0 radical (unpaired) electrons. The van der Waals surface area contributed by atoms with E-state index in [-0.39, 0.29) is 17.2 Å². The lowest BCUT2D eigenvalue weighted by Crippen LogP contribution is -2.04. The molecule has 0 saturated carbocycles. The third-order valence-corrected chi connectivity index (χ3v) is 2.67. The maximum absolute atomic E-state index is 13.7. The number of nitrogens with zero attached hydrogens (tertiary/aromatic N) is 1. The number of carbonyl (C=O) groups excluding carboxylic acids is 1. The van der Waals surface area contributed by atoms with Crippen LogP contribution in [0, 0.1) is 12.7 Å². The first kappa shape index (κ1) is 13.8. The van der Waals surface area contributed by atoms with Gasteiger partial charge in [-0.3, -0.25) is 0 Å². The molecule has 2 rings (SSSR count).